The largest absolute Gasteiger partial charge is 0.322 e. The number of hydrogen-bond acceptors (Lipinski definition) is 1. The van der Waals surface area contributed by atoms with Gasteiger partial charge in [0.15, 0.2) is 4.73 Å². The minimum absolute atomic E-state index is 0.192. The Morgan fingerprint density at radius 2 is 2.15 bits per heavy atom. The van der Waals surface area contributed by atoms with Crippen molar-refractivity contribution < 1.29 is 4.39 Å². The van der Waals surface area contributed by atoms with Crippen LogP contribution in [0.4, 0.5) is 4.39 Å². The van der Waals surface area contributed by atoms with Crippen LogP contribution in [0.25, 0.3) is 11.0 Å². The van der Waals surface area contributed by atoms with Crippen molar-refractivity contribution in [2.24, 2.45) is 7.05 Å². The molecule has 4 heteroatoms. The fourth-order valence-electron chi connectivity index (χ4n) is 1.29. The topological polar surface area (TPSA) is 17.8 Å². The molecule has 2 nitrogen and oxygen atoms in total. The zero-order chi connectivity index (χ0) is 9.59. The molecular weight excluding hydrogens is 235 g/mol. The molecule has 0 aliphatic heterocycles. The first-order chi connectivity index (χ1) is 6.09. The third kappa shape index (κ3) is 1.25. The van der Waals surface area contributed by atoms with Crippen molar-refractivity contribution in [2.75, 3.05) is 0 Å². The normalized spacial score (nSPS) is 11.1. The maximum absolute atomic E-state index is 13.2. The van der Waals surface area contributed by atoms with Crippen LogP contribution in [0.2, 0.25) is 0 Å². The van der Waals surface area contributed by atoms with Crippen molar-refractivity contribution in [3.8, 4) is 0 Å². The summed E-state index contributed by atoms with van der Waals surface area (Å²) < 4.78 is 15.7. The molecule has 13 heavy (non-hydrogen) atoms. The number of rotatable bonds is 0. The van der Waals surface area contributed by atoms with E-state index in [-0.39, 0.29) is 5.82 Å². The maximum Gasteiger partial charge on any atom is 0.177 e. The highest BCUT2D eigenvalue weighted by Gasteiger charge is 2.07. The first-order valence-corrected chi connectivity index (χ1v) is 4.67. The highest BCUT2D eigenvalue weighted by atomic mass is 79.9. The number of aromatic nitrogens is 2. The van der Waals surface area contributed by atoms with Gasteiger partial charge in [-0.1, -0.05) is 0 Å². The molecule has 0 amide bonds. The summed E-state index contributed by atoms with van der Waals surface area (Å²) >= 11 is 3.29. The summed E-state index contributed by atoms with van der Waals surface area (Å²) in [6, 6.07) is 3.25. The van der Waals surface area contributed by atoms with E-state index in [9.17, 15) is 4.39 Å². The highest BCUT2D eigenvalue weighted by Crippen LogP contribution is 2.21. The van der Waals surface area contributed by atoms with Gasteiger partial charge in [-0.3, -0.25) is 0 Å². The Kier molecular flexibility index (Phi) is 1.87. The standard InChI is InChI=1S/C9H8BrFN2/c1-5-3-7-8(4-6(5)11)13(2)9(10)12-7/h3-4H,1-2H3. The Labute approximate surface area is 83.5 Å². The van der Waals surface area contributed by atoms with Crippen LogP contribution in [0.15, 0.2) is 16.9 Å². The molecule has 0 N–H and O–H groups in total. The van der Waals surface area contributed by atoms with Gasteiger partial charge in [0.1, 0.15) is 5.82 Å². The van der Waals surface area contributed by atoms with Gasteiger partial charge in [0.2, 0.25) is 0 Å². The molecule has 0 aliphatic rings. The number of hydrogen-bond donors (Lipinski definition) is 0. The average molecular weight is 243 g/mol. The van der Waals surface area contributed by atoms with Crippen LogP contribution in [0.3, 0.4) is 0 Å². The number of imidazole rings is 1. The lowest BCUT2D eigenvalue weighted by atomic mass is 10.2. The monoisotopic (exact) mass is 242 g/mol. The fraction of sp³-hybridized carbons (Fsp3) is 0.222. The van der Waals surface area contributed by atoms with Crippen LogP contribution >= 0.6 is 15.9 Å². The summed E-state index contributed by atoms with van der Waals surface area (Å²) in [4.78, 5) is 4.23. The lowest BCUT2D eigenvalue weighted by Gasteiger charge is -1.97. The molecule has 68 valence electrons. The van der Waals surface area contributed by atoms with Gasteiger partial charge in [0.05, 0.1) is 11.0 Å². The summed E-state index contributed by atoms with van der Waals surface area (Å²) in [6.45, 7) is 1.73. The summed E-state index contributed by atoms with van der Waals surface area (Å²) in [5.41, 5.74) is 2.24. The molecule has 0 saturated carbocycles. The Bertz CT molecular complexity index is 476. The van der Waals surface area contributed by atoms with E-state index in [2.05, 4.69) is 20.9 Å². The van der Waals surface area contributed by atoms with Gasteiger partial charge in [-0.05, 0) is 34.5 Å². The van der Waals surface area contributed by atoms with Crippen LogP contribution in [-0.4, -0.2) is 9.55 Å². The molecule has 0 spiro atoms. The molecule has 1 aromatic heterocycles. The Balaban J connectivity index is 2.89. The van der Waals surface area contributed by atoms with Gasteiger partial charge >= 0.3 is 0 Å². The highest BCUT2D eigenvalue weighted by molar-refractivity contribution is 9.10. The molecule has 0 bridgehead atoms. The van der Waals surface area contributed by atoms with Gasteiger partial charge in [-0.25, -0.2) is 9.37 Å². The van der Waals surface area contributed by atoms with Crippen molar-refractivity contribution in [3.63, 3.8) is 0 Å². The molecule has 1 heterocycles. The molecule has 2 rings (SSSR count). The summed E-state index contributed by atoms with van der Waals surface area (Å²) in [6.07, 6.45) is 0. The lowest BCUT2D eigenvalue weighted by molar-refractivity contribution is 0.619. The SMILES string of the molecule is Cc1cc2nc(Br)n(C)c2cc1F. The van der Waals surface area contributed by atoms with Crippen LogP contribution in [0, 0.1) is 12.7 Å². The van der Waals surface area contributed by atoms with E-state index in [0.717, 1.165) is 11.0 Å². The predicted octanol–water partition coefficient (Wildman–Crippen LogP) is 2.78. The Hall–Kier alpha value is -0.900. The molecule has 0 atom stereocenters. The molecule has 2 aromatic rings. The second kappa shape index (κ2) is 2.80. The molecule has 0 unspecified atom stereocenters. The van der Waals surface area contributed by atoms with Crippen LogP contribution in [-0.2, 0) is 7.05 Å². The summed E-state index contributed by atoms with van der Waals surface area (Å²) in [5, 5.41) is 0. The predicted molar refractivity (Wildman–Crippen MR) is 53.1 cm³/mol. The van der Waals surface area contributed by atoms with Crippen molar-refractivity contribution in [1.82, 2.24) is 9.55 Å². The number of benzene rings is 1. The lowest BCUT2D eigenvalue weighted by Crippen LogP contribution is -1.88. The van der Waals surface area contributed by atoms with Crippen LogP contribution < -0.4 is 0 Å². The van der Waals surface area contributed by atoms with E-state index in [1.807, 2.05) is 7.05 Å². The fourth-order valence-corrected chi connectivity index (χ4v) is 1.67. The van der Waals surface area contributed by atoms with Gasteiger partial charge in [0, 0.05) is 13.1 Å². The minimum atomic E-state index is -0.192. The van der Waals surface area contributed by atoms with E-state index in [0.29, 0.717) is 10.3 Å². The van der Waals surface area contributed by atoms with Crippen molar-refractivity contribution >= 4 is 27.0 Å². The summed E-state index contributed by atoms with van der Waals surface area (Å²) in [5.74, 6) is -0.192. The number of fused-ring (bicyclic) bond motifs is 1. The van der Waals surface area contributed by atoms with Crippen molar-refractivity contribution in [2.45, 2.75) is 6.92 Å². The van der Waals surface area contributed by atoms with E-state index >= 15 is 0 Å². The molecule has 0 fully saturated rings. The van der Waals surface area contributed by atoms with E-state index in [1.165, 1.54) is 6.07 Å². The van der Waals surface area contributed by atoms with Crippen molar-refractivity contribution in [1.29, 1.82) is 0 Å². The third-order valence-corrected chi connectivity index (χ3v) is 2.82. The quantitative estimate of drug-likeness (QED) is 0.695. The molecule has 0 aliphatic carbocycles. The molecule has 0 saturated heterocycles. The smallest absolute Gasteiger partial charge is 0.177 e. The van der Waals surface area contributed by atoms with Gasteiger partial charge in [-0.2, -0.15) is 0 Å². The van der Waals surface area contributed by atoms with E-state index < -0.39 is 0 Å². The maximum atomic E-state index is 13.2. The van der Waals surface area contributed by atoms with Crippen molar-refractivity contribution in [3.05, 3.63) is 28.2 Å². The third-order valence-electron chi connectivity index (χ3n) is 2.11. The van der Waals surface area contributed by atoms with Crippen LogP contribution in [0.5, 0.6) is 0 Å². The molecule has 1 aromatic carbocycles. The molecular formula is C9H8BrFN2. The van der Waals surface area contributed by atoms with Gasteiger partial charge in [-0.15, -0.1) is 0 Å². The second-order valence-electron chi connectivity index (χ2n) is 3.03. The summed E-state index contributed by atoms with van der Waals surface area (Å²) in [7, 11) is 1.84. The Morgan fingerprint density at radius 1 is 1.46 bits per heavy atom. The number of aryl methyl sites for hydroxylation is 2. The molecule has 0 radical (unpaired) electrons. The first-order valence-electron chi connectivity index (χ1n) is 3.87. The van der Waals surface area contributed by atoms with Gasteiger partial charge < -0.3 is 4.57 Å². The minimum Gasteiger partial charge on any atom is -0.322 e. The average Bonchev–Trinajstić information content (AvgIpc) is 2.32. The number of halogens is 2. The first kappa shape index (κ1) is 8.69. The van der Waals surface area contributed by atoms with Crippen LogP contribution in [0.1, 0.15) is 5.56 Å². The second-order valence-corrected chi connectivity index (χ2v) is 3.74. The van der Waals surface area contributed by atoms with E-state index in [4.69, 9.17) is 0 Å². The Morgan fingerprint density at radius 3 is 2.85 bits per heavy atom. The zero-order valence-electron chi connectivity index (χ0n) is 7.31. The van der Waals surface area contributed by atoms with Gasteiger partial charge in [0.25, 0.3) is 0 Å². The zero-order valence-corrected chi connectivity index (χ0v) is 8.89. The van der Waals surface area contributed by atoms with E-state index in [1.54, 1.807) is 17.6 Å². The number of nitrogens with zero attached hydrogens (tertiary/aromatic N) is 2.